The summed E-state index contributed by atoms with van der Waals surface area (Å²) in [5, 5.41) is 3.40. The Labute approximate surface area is 198 Å². The average Bonchev–Trinajstić information content (AvgIpc) is 2.76. The van der Waals surface area contributed by atoms with E-state index in [1.807, 2.05) is 4.90 Å². The zero-order chi connectivity index (χ0) is 20.5. The fourth-order valence-corrected chi connectivity index (χ4v) is 4.18. The summed E-state index contributed by atoms with van der Waals surface area (Å²) in [5.74, 6) is 1.22. The van der Waals surface area contributed by atoms with Gasteiger partial charge in [0.05, 0.1) is 6.10 Å². The molecule has 0 unspecified atom stereocenters. The molecule has 0 aromatic heterocycles. The Kier molecular flexibility index (Phi) is 10.9. The molecule has 0 spiro atoms. The van der Waals surface area contributed by atoms with Crippen LogP contribution in [-0.4, -0.2) is 67.1 Å². The third-order valence-electron chi connectivity index (χ3n) is 5.77. The first-order valence-electron chi connectivity index (χ1n) is 11.2. The van der Waals surface area contributed by atoms with Crippen molar-refractivity contribution in [2.45, 2.75) is 58.6 Å². The van der Waals surface area contributed by atoms with Gasteiger partial charge in [0.15, 0.2) is 5.96 Å². The molecule has 2 heterocycles. The maximum Gasteiger partial charge on any atom is 0.222 e. The van der Waals surface area contributed by atoms with Gasteiger partial charge in [-0.1, -0.05) is 24.3 Å². The van der Waals surface area contributed by atoms with E-state index >= 15 is 0 Å². The Hall–Kier alpha value is -1.35. The highest BCUT2D eigenvalue weighted by atomic mass is 127. The van der Waals surface area contributed by atoms with E-state index in [-0.39, 0.29) is 29.9 Å². The molecule has 6 nitrogen and oxygen atoms in total. The molecule has 1 aromatic carbocycles. The second-order valence-corrected chi connectivity index (χ2v) is 7.81. The number of likely N-dealkylation sites (tertiary alicyclic amines) is 1. The molecule has 2 aliphatic rings. The Morgan fingerprint density at radius 1 is 1.13 bits per heavy atom. The van der Waals surface area contributed by atoms with Crippen LogP contribution in [0.5, 0.6) is 0 Å². The molecule has 3 rings (SSSR count). The molecule has 1 fully saturated rings. The SMILES string of the molecule is CCNC(=NCCCC(=O)N1CCc2ccccc2C1)N1CCC(OCC)CC1.I. The third kappa shape index (κ3) is 7.11. The number of carbonyl (C=O) groups is 1. The van der Waals surface area contributed by atoms with Gasteiger partial charge in [-0.15, -0.1) is 24.0 Å². The van der Waals surface area contributed by atoms with Crippen LogP contribution in [-0.2, 0) is 22.5 Å². The number of guanidine groups is 1. The van der Waals surface area contributed by atoms with Crippen LogP contribution in [0.1, 0.15) is 50.7 Å². The number of benzene rings is 1. The summed E-state index contributed by atoms with van der Waals surface area (Å²) < 4.78 is 5.75. The minimum absolute atomic E-state index is 0. The second-order valence-electron chi connectivity index (χ2n) is 7.81. The van der Waals surface area contributed by atoms with Crippen LogP contribution < -0.4 is 5.32 Å². The van der Waals surface area contributed by atoms with E-state index in [4.69, 9.17) is 9.73 Å². The number of carbonyl (C=O) groups excluding carboxylic acids is 1. The standard InChI is InChI=1S/C23H36N4O2.HI/c1-3-24-23(26-16-12-21(13-17-26)29-4-2)25-14-7-10-22(28)27-15-11-19-8-5-6-9-20(19)18-27;/h5-6,8-9,21H,3-4,7,10-18H2,1-2H3,(H,24,25);1H. The van der Waals surface area contributed by atoms with E-state index in [0.29, 0.717) is 19.1 Å². The first-order chi connectivity index (χ1) is 14.2. The van der Waals surface area contributed by atoms with Crippen molar-refractivity contribution in [3.63, 3.8) is 0 Å². The molecule has 0 saturated carbocycles. The summed E-state index contributed by atoms with van der Waals surface area (Å²) in [5.41, 5.74) is 2.67. The van der Waals surface area contributed by atoms with Gasteiger partial charge in [-0.3, -0.25) is 9.79 Å². The first kappa shape index (κ1) is 24.9. The predicted octanol–water partition coefficient (Wildman–Crippen LogP) is 3.44. The smallest absolute Gasteiger partial charge is 0.222 e. The number of amides is 1. The topological polar surface area (TPSA) is 57.2 Å². The highest BCUT2D eigenvalue weighted by Gasteiger charge is 2.22. The largest absolute Gasteiger partial charge is 0.378 e. The van der Waals surface area contributed by atoms with Crippen molar-refractivity contribution >= 4 is 35.8 Å². The van der Waals surface area contributed by atoms with Crippen LogP contribution in [0.25, 0.3) is 0 Å². The Balaban J connectivity index is 0.00000320. The minimum atomic E-state index is 0. The van der Waals surface area contributed by atoms with Crippen molar-refractivity contribution in [1.82, 2.24) is 15.1 Å². The van der Waals surface area contributed by atoms with Gasteiger partial charge in [0.1, 0.15) is 0 Å². The van der Waals surface area contributed by atoms with E-state index in [1.54, 1.807) is 0 Å². The van der Waals surface area contributed by atoms with E-state index in [0.717, 1.165) is 71.0 Å². The van der Waals surface area contributed by atoms with E-state index in [1.165, 1.54) is 11.1 Å². The highest BCUT2D eigenvalue weighted by Crippen LogP contribution is 2.19. The van der Waals surface area contributed by atoms with Crippen LogP contribution in [0.4, 0.5) is 0 Å². The van der Waals surface area contributed by atoms with E-state index < -0.39 is 0 Å². The molecule has 30 heavy (non-hydrogen) atoms. The number of aliphatic imine (C=N–C) groups is 1. The van der Waals surface area contributed by atoms with Crippen molar-refractivity contribution < 1.29 is 9.53 Å². The lowest BCUT2D eigenvalue weighted by molar-refractivity contribution is -0.132. The monoisotopic (exact) mass is 528 g/mol. The quantitative estimate of drug-likeness (QED) is 0.255. The molecular formula is C23H37IN4O2. The molecule has 1 N–H and O–H groups in total. The number of halogens is 1. The summed E-state index contributed by atoms with van der Waals surface area (Å²) in [6.07, 6.45) is 4.80. The lowest BCUT2D eigenvalue weighted by Crippen LogP contribution is -2.47. The minimum Gasteiger partial charge on any atom is -0.378 e. The summed E-state index contributed by atoms with van der Waals surface area (Å²) in [6.45, 7) is 10.0. The molecule has 1 aromatic rings. The number of hydrogen-bond acceptors (Lipinski definition) is 3. The molecule has 1 amide bonds. The highest BCUT2D eigenvalue weighted by molar-refractivity contribution is 14.0. The number of nitrogens with zero attached hydrogens (tertiary/aromatic N) is 3. The Morgan fingerprint density at radius 3 is 2.57 bits per heavy atom. The van der Waals surface area contributed by atoms with Gasteiger partial charge in [0, 0.05) is 52.3 Å². The summed E-state index contributed by atoms with van der Waals surface area (Å²) in [7, 11) is 0. The van der Waals surface area contributed by atoms with Crippen molar-refractivity contribution in [1.29, 1.82) is 0 Å². The Morgan fingerprint density at radius 2 is 1.87 bits per heavy atom. The maximum absolute atomic E-state index is 12.6. The maximum atomic E-state index is 12.6. The number of nitrogens with one attached hydrogen (secondary N) is 1. The van der Waals surface area contributed by atoms with E-state index in [2.05, 4.69) is 48.3 Å². The first-order valence-corrected chi connectivity index (χ1v) is 11.2. The molecular weight excluding hydrogens is 491 g/mol. The fraction of sp³-hybridized carbons (Fsp3) is 0.652. The molecule has 1 saturated heterocycles. The van der Waals surface area contributed by atoms with Gasteiger partial charge in [-0.25, -0.2) is 0 Å². The summed E-state index contributed by atoms with van der Waals surface area (Å²) in [4.78, 5) is 21.7. The van der Waals surface area contributed by atoms with Gasteiger partial charge >= 0.3 is 0 Å². The molecule has 2 aliphatic heterocycles. The molecule has 0 radical (unpaired) electrons. The van der Waals surface area contributed by atoms with Crippen LogP contribution >= 0.6 is 24.0 Å². The lowest BCUT2D eigenvalue weighted by atomic mass is 9.99. The zero-order valence-corrected chi connectivity index (χ0v) is 20.8. The van der Waals surface area contributed by atoms with Crippen LogP contribution in [0.3, 0.4) is 0 Å². The molecule has 0 aliphatic carbocycles. The number of fused-ring (bicyclic) bond motifs is 1. The van der Waals surface area contributed by atoms with E-state index in [9.17, 15) is 4.79 Å². The molecule has 0 bridgehead atoms. The van der Waals surface area contributed by atoms with Gasteiger partial charge in [-0.05, 0) is 50.7 Å². The molecule has 7 heteroatoms. The van der Waals surface area contributed by atoms with Gasteiger partial charge in [0.2, 0.25) is 5.91 Å². The van der Waals surface area contributed by atoms with Gasteiger partial charge in [-0.2, -0.15) is 0 Å². The third-order valence-corrected chi connectivity index (χ3v) is 5.77. The number of ether oxygens (including phenoxy) is 1. The fourth-order valence-electron chi connectivity index (χ4n) is 4.18. The van der Waals surface area contributed by atoms with Crippen LogP contribution in [0.15, 0.2) is 29.3 Å². The number of piperidine rings is 1. The molecule has 168 valence electrons. The molecule has 0 atom stereocenters. The van der Waals surface area contributed by atoms with Gasteiger partial charge in [0.25, 0.3) is 0 Å². The van der Waals surface area contributed by atoms with Crippen LogP contribution in [0.2, 0.25) is 0 Å². The number of rotatable bonds is 7. The normalized spacial score (nSPS) is 17.3. The van der Waals surface area contributed by atoms with Crippen LogP contribution in [0, 0.1) is 0 Å². The zero-order valence-electron chi connectivity index (χ0n) is 18.4. The van der Waals surface area contributed by atoms with Crippen molar-refractivity contribution in [3.8, 4) is 0 Å². The summed E-state index contributed by atoms with van der Waals surface area (Å²) in [6, 6.07) is 8.44. The summed E-state index contributed by atoms with van der Waals surface area (Å²) >= 11 is 0. The predicted molar refractivity (Wildman–Crippen MR) is 132 cm³/mol. The second kappa shape index (κ2) is 13.1. The van der Waals surface area contributed by atoms with Crippen molar-refractivity contribution in [2.75, 3.05) is 39.3 Å². The lowest BCUT2D eigenvalue weighted by Gasteiger charge is -2.34. The van der Waals surface area contributed by atoms with Crippen molar-refractivity contribution in [2.24, 2.45) is 4.99 Å². The van der Waals surface area contributed by atoms with Gasteiger partial charge < -0.3 is 19.9 Å². The Bertz CT molecular complexity index is 690. The number of hydrogen-bond donors (Lipinski definition) is 1. The average molecular weight is 528 g/mol. The van der Waals surface area contributed by atoms with Crippen molar-refractivity contribution in [3.05, 3.63) is 35.4 Å².